The molecule has 0 bridgehead atoms. The van der Waals surface area contributed by atoms with Gasteiger partial charge in [-0.05, 0) is 13.0 Å². The van der Waals surface area contributed by atoms with Crippen molar-refractivity contribution in [1.29, 1.82) is 0 Å². The van der Waals surface area contributed by atoms with Crippen molar-refractivity contribution in [2.24, 2.45) is 0 Å². The van der Waals surface area contributed by atoms with Crippen molar-refractivity contribution in [1.82, 2.24) is 4.98 Å². The van der Waals surface area contributed by atoms with Crippen LogP contribution < -0.4 is 11.1 Å². The molecule has 1 aromatic heterocycles. The van der Waals surface area contributed by atoms with Crippen molar-refractivity contribution in [2.75, 3.05) is 18.2 Å². The zero-order chi connectivity index (χ0) is 11.5. The summed E-state index contributed by atoms with van der Waals surface area (Å²) in [6.45, 7) is 1.93. The molecule has 0 radical (unpaired) electrons. The minimum atomic E-state index is -0.0897. The average molecular weight is 217 g/mol. The van der Waals surface area contributed by atoms with Gasteiger partial charge in [-0.3, -0.25) is 4.98 Å². The second kappa shape index (κ2) is 4.37. The number of methoxy groups -OCH3 is 1. The molecule has 0 saturated heterocycles. The van der Waals surface area contributed by atoms with Crippen molar-refractivity contribution in [3.63, 3.8) is 0 Å². The third kappa shape index (κ3) is 1.92. The van der Waals surface area contributed by atoms with Crippen molar-refractivity contribution in [3.05, 3.63) is 30.5 Å². The van der Waals surface area contributed by atoms with Gasteiger partial charge in [-0.25, -0.2) is 0 Å². The molecular weight excluding hydrogens is 202 g/mol. The summed E-state index contributed by atoms with van der Waals surface area (Å²) in [5, 5.41) is 4.22. The third-order valence-corrected chi connectivity index (χ3v) is 2.51. The SMILES string of the molecule is COC(C)Nc1c(N)cnc2ccccc12. The number of ether oxygens (including phenoxy) is 1. The van der Waals surface area contributed by atoms with Crippen LogP contribution in [0.5, 0.6) is 0 Å². The van der Waals surface area contributed by atoms with Crippen LogP contribution in [0.15, 0.2) is 30.5 Å². The number of nitrogens with one attached hydrogen (secondary N) is 1. The highest BCUT2D eigenvalue weighted by atomic mass is 16.5. The van der Waals surface area contributed by atoms with E-state index in [0.717, 1.165) is 16.6 Å². The summed E-state index contributed by atoms with van der Waals surface area (Å²) in [7, 11) is 1.65. The normalized spacial score (nSPS) is 12.6. The summed E-state index contributed by atoms with van der Waals surface area (Å²) in [5.74, 6) is 0. The van der Waals surface area contributed by atoms with Crippen molar-refractivity contribution < 1.29 is 4.74 Å². The van der Waals surface area contributed by atoms with Crippen LogP contribution in [0.2, 0.25) is 0 Å². The van der Waals surface area contributed by atoms with Gasteiger partial charge in [0.15, 0.2) is 0 Å². The minimum Gasteiger partial charge on any atom is -0.396 e. The number of nitrogens with zero attached hydrogens (tertiary/aromatic N) is 1. The first-order valence-corrected chi connectivity index (χ1v) is 5.15. The van der Waals surface area contributed by atoms with E-state index in [1.54, 1.807) is 13.3 Å². The number of nitrogens with two attached hydrogens (primary N) is 1. The van der Waals surface area contributed by atoms with Gasteiger partial charge in [0.1, 0.15) is 6.23 Å². The van der Waals surface area contributed by atoms with E-state index < -0.39 is 0 Å². The number of anilines is 2. The lowest BCUT2D eigenvalue weighted by Crippen LogP contribution is -2.18. The summed E-state index contributed by atoms with van der Waals surface area (Å²) >= 11 is 0. The second-order valence-electron chi connectivity index (χ2n) is 3.63. The van der Waals surface area contributed by atoms with E-state index in [1.807, 2.05) is 31.2 Å². The summed E-state index contributed by atoms with van der Waals surface area (Å²) < 4.78 is 5.17. The number of hydrogen-bond donors (Lipinski definition) is 2. The summed E-state index contributed by atoms with van der Waals surface area (Å²) in [6, 6.07) is 7.86. The van der Waals surface area contributed by atoms with Gasteiger partial charge in [0.25, 0.3) is 0 Å². The molecule has 0 aliphatic carbocycles. The maximum absolute atomic E-state index is 5.91. The Balaban J connectivity index is 2.52. The van der Waals surface area contributed by atoms with Crippen LogP contribution in [-0.4, -0.2) is 18.3 Å². The first kappa shape index (κ1) is 10.7. The van der Waals surface area contributed by atoms with E-state index in [1.165, 1.54) is 0 Å². The molecular formula is C12H15N3O. The highest BCUT2D eigenvalue weighted by Gasteiger charge is 2.08. The van der Waals surface area contributed by atoms with Crippen molar-refractivity contribution in [3.8, 4) is 0 Å². The highest BCUT2D eigenvalue weighted by Crippen LogP contribution is 2.27. The number of aromatic nitrogens is 1. The Morgan fingerprint density at radius 3 is 2.88 bits per heavy atom. The van der Waals surface area contributed by atoms with Crippen LogP contribution in [0.25, 0.3) is 10.9 Å². The Hall–Kier alpha value is -1.81. The fourth-order valence-corrected chi connectivity index (χ4v) is 1.58. The first-order chi connectivity index (χ1) is 7.72. The Labute approximate surface area is 94.4 Å². The van der Waals surface area contributed by atoms with E-state index in [0.29, 0.717) is 5.69 Å². The standard InChI is InChI=1S/C12H15N3O/c1-8(16-2)15-12-9-5-3-4-6-11(9)14-7-10(12)13/h3-8H,13H2,1-2H3,(H,14,15). The largest absolute Gasteiger partial charge is 0.396 e. The van der Waals surface area contributed by atoms with E-state index in [9.17, 15) is 0 Å². The monoisotopic (exact) mass is 217 g/mol. The Bertz CT molecular complexity index is 499. The molecule has 1 atom stereocenters. The van der Waals surface area contributed by atoms with Crippen LogP contribution >= 0.6 is 0 Å². The minimum absolute atomic E-state index is 0.0897. The fraction of sp³-hybridized carbons (Fsp3) is 0.250. The molecule has 1 aromatic carbocycles. The molecule has 2 aromatic rings. The molecule has 3 N–H and O–H groups in total. The van der Waals surface area contributed by atoms with Crippen LogP contribution in [0, 0.1) is 0 Å². The van der Waals surface area contributed by atoms with Gasteiger partial charge < -0.3 is 15.8 Å². The van der Waals surface area contributed by atoms with E-state index in [-0.39, 0.29) is 6.23 Å². The lowest BCUT2D eigenvalue weighted by molar-refractivity contribution is 0.141. The van der Waals surface area contributed by atoms with Crippen molar-refractivity contribution in [2.45, 2.75) is 13.2 Å². The predicted molar refractivity (Wildman–Crippen MR) is 66.2 cm³/mol. The Morgan fingerprint density at radius 1 is 1.38 bits per heavy atom. The van der Waals surface area contributed by atoms with Gasteiger partial charge in [-0.2, -0.15) is 0 Å². The molecule has 84 valence electrons. The van der Waals surface area contributed by atoms with Crippen LogP contribution in [0.3, 0.4) is 0 Å². The Morgan fingerprint density at radius 2 is 2.12 bits per heavy atom. The molecule has 1 unspecified atom stereocenters. The van der Waals surface area contributed by atoms with E-state index in [4.69, 9.17) is 10.5 Å². The molecule has 4 nitrogen and oxygen atoms in total. The number of benzene rings is 1. The zero-order valence-electron chi connectivity index (χ0n) is 9.40. The maximum Gasteiger partial charge on any atom is 0.124 e. The first-order valence-electron chi connectivity index (χ1n) is 5.15. The van der Waals surface area contributed by atoms with Gasteiger partial charge in [0.05, 0.1) is 23.1 Å². The molecule has 0 saturated carbocycles. The summed E-state index contributed by atoms with van der Waals surface area (Å²) in [5.41, 5.74) is 8.33. The molecule has 4 heteroatoms. The third-order valence-electron chi connectivity index (χ3n) is 2.51. The van der Waals surface area contributed by atoms with E-state index >= 15 is 0 Å². The Kier molecular flexibility index (Phi) is 2.92. The van der Waals surface area contributed by atoms with Gasteiger partial charge >= 0.3 is 0 Å². The summed E-state index contributed by atoms with van der Waals surface area (Å²) in [6.07, 6.45) is 1.57. The van der Waals surface area contributed by atoms with Gasteiger partial charge in [0.2, 0.25) is 0 Å². The smallest absolute Gasteiger partial charge is 0.124 e. The fourth-order valence-electron chi connectivity index (χ4n) is 1.58. The molecule has 0 aliphatic rings. The second-order valence-corrected chi connectivity index (χ2v) is 3.63. The quantitative estimate of drug-likeness (QED) is 0.774. The number of pyridine rings is 1. The summed E-state index contributed by atoms with van der Waals surface area (Å²) in [4.78, 5) is 4.27. The molecule has 16 heavy (non-hydrogen) atoms. The van der Waals surface area contributed by atoms with Crippen LogP contribution in [0.4, 0.5) is 11.4 Å². The number of nitrogen functional groups attached to an aromatic ring is 1. The lowest BCUT2D eigenvalue weighted by atomic mass is 10.1. The average Bonchev–Trinajstić information content (AvgIpc) is 2.32. The van der Waals surface area contributed by atoms with Gasteiger partial charge in [-0.1, -0.05) is 18.2 Å². The number of para-hydroxylation sites is 1. The lowest BCUT2D eigenvalue weighted by Gasteiger charge is -2.16. The van der Waals surface area contributed by atoms with E-state index in [2.05, 4.69) is 10.3 Å². The van der Waals surface area contributed by atoms with Crippen molar-refractivity contribution >= 4 is 22.3 Å². The highest BCUT2D eigenvalue weighted by molar-refractivity contribution is 5.96. The topological polar surface area (TPSA) is 60.2 Å². The van der Waals surface area contributed by atoms with Gasteiger partial charge in [0, 0.05) is 12.5 Å². The molecule has 0 fully saturated rings. The molecule has 0 amide bonds. The van der Waals surface area contributed by atoms with Gasteiger partial charge in [-0.15, -0.1) is 0 Å². The molecule has 2 rings (SSSR count). The van der Waals surface area contributed by atoms with Crippen LogP contribution in [0.1, 0.15) is 6.92 Å². The molecule has 0 aliphatic heterocycles. The predicted octanol–water partition coefficient (Wildman–Crippen LogP) is 2.22. The van der Waals surface area contributed by atoms with Crippen LogP contribution in [-0.2, 0) is 4.74 Å². The maximum atomic E-state index is 5.91. The number of rotatable bonds is 3. The number of fused-ring (bicyclic) bond motifs is 1. The molecule has 0 spiro atoms. The molecule has 1 heterocycles. The zero-order valence-corrected chi connectivity index (χ0v) is 9.40. The number of hydrogen-bond acceptors (Lipinski definition) is 4.